The Morgan fingerprint density at radius 2 is 1.82 bits per heavy atom. The lowest BCUT2D eigenvalue weighted by molar-refractivity contribution is -0.128. The van der Waals surface area contributed by atoms with Gasteiger partial charge in [0.1, 0.15) is 11.0 Å². The fourth-order valence-corrected chi connectivity index (χ4v) is 4.82. The largest absolute Gasteiger partial charge is 0.495 e. The van der Waals surface area contributed by atoms with E-state index < -0.39 is 5.25 Å². The highest BCUT2D eigenvalue weighted by molar-refractivity contribution is 8.15. The van der Waals surface area contributed by atoms with Crippen LogP contribution in [0.25, 0.3) is 10.8 Å². The number of nitrogens with zero attached hydrogens (tertiary/aromatic N) is 2. The van der Waals surface area contributed by atoms with Gasteiger partial charge in [0.15, 0.2) is 5.17 Å². The molecule has 3 aromatic carbocycles. The van der Waals surface area contributed by atoms with E-state index >= 15 is 0 Å². The van der Waals surface area contributed by atoms with E-state index in [1.807, 2.05) is 54.6 Å². The van der Waals surface area contributed by atoms with E-state index in [-0.39, 0.29) is 18.2 Å². The number of rotatable bonds is 8. The Labute approximate surface area is 196 Å². The van der Waals surface area contributed by atoms with Gasteiger partial charge in [-0.05, 0) is 23.6 Å². The van der Waals surface area contributed by atoms with Crippen LogP contribution in [0.15, 0.2) is 71.7 Å². The number of anilines is 1. The van der Waals surface area contributed by atoms with Crippen molar-refractivity contribution >= 4 is 50.9 Å². The predicted octanol–water partition coefficient (Wildman–Crippen LogP) is 4.46. The molecule has 3 aromatic rings. The fraction of sp³-hybridized carbons (Fsp3) is 0.240. The van der Waals surface area contributed by atoms with E-state index in [9.17, 15) is 9.59 Å². The number of methoxy groups -OCH3 is 2. The first-order chi connectivity index (χ1) is 16.1. The summed E-state index contributed by atoms with van der Waals surface area (Å²) in [5, 5.41) is 4.93. The normalized spacial score (nSPS) is 17.0. The number of amides is 2. The topological polar surface area (TPSA) is 80.2 Å². The van der Waals surface area contributed by atoms with Crippen molar-refractivity contribution in [2.45, 2.75) is 11.7 Å². The summed E-state index contributed by atoms with van der Waals surface area (Å²) in [5.41, 5.74) is 1.35. The molecule has 1 aliphatic rings. The summed E-state index contributed by atoms with van der Waals surface area (Å²) >= 11 is 1.31. The molecule has 0 spiro atoms. The number of aliphatic imine (C=N–C) groups is 1. The smallest absolute Gasteiger partial charge is 0.242 e. The monoisotopic (exact) mass is 463 g/mol. The number of carbonyl (C=O) groups is 2. The quantitative estimate of drug-likeness (QED) is 0.534. The third-order valence-electron chi connectivity index (χ3n) is 5.27. The summed E-state index contributed by atoms with van der Waals surface area (Å²) in [6, 6.07) is 21.1. The number of ether oxygens (including phenoxy) is 2. The Morgan fingerprint density at radius 1 is 1.06 bits per heavy atom. The molecule has 170 valence electrons. The number of carbonyl (C=O) groups excluding carboxylic acids is 2. The lowest BCUT2D eigenvalue weighted by atomic mass is 10.1. The summed E-state index contributed by atoms with van der Waals surface area (Å²) in [5.74, 6) is 0.158. The van der Waals surface area contributed by atoms with Crippen molar-refractivity contribution in [3.05, 3.63) is 66.7 Å². The molecular formula is C25H25N3O4S. The third-order valence-corrected chi connectivity index (χ3v) is 6.45. The molecule has 0 saturated carbocycles. The van der Waals surface area contributed by atoms with Gasteiger partial charge in [0, 0.05) is 18.9 Å². The maximum absolute atomic E-state index is 13.2. The standard InChI is InChI=1S/C25H25N3O4S/c1-31-15-14-28-24(30)22(16-23(29)26-20-11-5-6-13-21(20)32-2)33-25(28)27-19-12-7-9-17-8-3-4-10-18(17)19/h3-13,22H,14-16H2,1-2H3,(H,26,29). The summed E-state index contributed by atoms with van der Waals surface area (Å²) in [6.07, 6.45) is 0.0274. The van der Waals surface area contributed by atoms with Gasteiger partial charge in [-0.2, -0.15) is 0 Å². The molecule has 0 bridgehead atoms. The van der Waals surface area contributed by atoms with Crippen LogP contribution in [0, 0.1) is 0 Å². The van der Waals surface area contributed by atoms with Gasteiger partial charge in [0.2, 0.25) is 11.8 Å². The van der Waals surface area contributed by atoms with Crippen LogP contribution < -0.4 is 10.1 Å². The minimum atomic E-state index is -0.565. The van der Waals surface area contributed by atoms with Crippen molar-refractivity contribution in [2.75, 3.05) is 32.7 Å². The van der Waals surface area contributed by atoms with E-state index in [4.69, 9.17) is 14.5 Å². The molecule has 1 aliphatic heterocycles. The highest BCUT2D eigenvalue weighted by Gasteiger charge is 2.39. The van der Waals surface area contributed by atoms with Crippen molar-refractivity contribution in [1.29, 1.82) is 0 Å². The molecule has 1 unspecified atom stereocenters. The maximum atomic E-state index is 13.2. The molecule has 4 rings (SSSR count). The van der Waals surface area contributed by atoms with Gasteiger partial charge in [-0.25, -0.2) is 4.99 Å². The molecule has 1 saturated heterocycles. The molecule has 2 amide bonds. The van der Waals surface area contributed by atoms with Gasteiger partial charge in [0.25, 0.3) is 0 Å². The molecule has 1 N–H and O–H groups in total. The fourth-order valence-electron chi connectivity index (χ4n) is 3.64. The zero-order valence-corrected chi connectivity index (χ0v) is 19.3. The average Bonchev–Trinajstić information content (AvgIpc) is 3.11. The number of nitrogens with one attached hydrogen (secondary N) is 1. The van der Waals surface area contributed by atoms with Crippen LogP contribution in [0.1, 0.15) is 6.42 Å². The molecule has 0 aliphatic carbocycles. The van der Waals surface area contributed by atoms with Crippen molar-refractivity contribution in [1.82, 2.24) is 4.90 Å². The Hall–Kier alpha value is -3.36. The first kappa shape index (κ1) is 22.8. The number of hydrogen-bond donors (Lipinski definition) is 1. The second-order valence-electron chi connectivity index (χ2n) is 7.43. The van der Waals surface area contributed by atoms with Crippen LogP contribution in [0.3, 0.4) is 0 Å². The van der Waals surface area contributed by atoms with E-state index in [2.05, 4.69) is 5.32 Å². The number of amidine groups is 1. The molecule has 1 atom stereocenters. The van der Waals surface area contributed by atoms with Crippen molar-refractivity contribution in [2.24, 2.45) is 4.99 Å². The van der Waals surface area contributed by atoms with Crippen LogP contribution in [0.4, 0.5) is 11.4 Å². The summed E-state index contributed by atoms with van der Waals surface area (Å²) in [7, 11) is 3.14. The molecular weight excluding hydrogens is 438 g/mol. The second kappa shape index (κ2) is 10.5. The number of benzene rings is 3. The molecule has 0 aromatic heterocycles. The van der Waals surface area contributed by atoms with Gasteiger partial charge in [0.05, 0.1) is 31.6 Å². The van der Waals surface area contributed by atoms with E-state index in [0.29, 0.717) is 29.8 Å². The number of para-hydroxylation sites is 2. The van der Waals surface area contributed by atoms with Crippen LogP contribution >= 0.6 is 11.8 Å². The Balaban J connectivity index is 1.56. The van der Waals surface area contributed by atoms with Crippen LogP contribution in [-0.2, 0) is 14.3 Å². The van der Waals surface area contributed by atoms with Crippen molar-refractivity contribution in [3.63, 3.8) is 0 Å². The van der Waals surface area contributed by atoms with Gasteiger partial charge in [-0.15, -0.1) is 0 Å². The summed E-state index contributed by atoms with van der Waals surface area (Å²) in [4.78, 5) is 32.3. The molecule has 7 nitrogen and oxygen atoms in total. The highest BCUT2D eigenvalue weighted by atomic mass is 32.2. The number of hydrogen-bond acceptors (Lipinski definition) is 6. The number of fused-ring (bicyclic) bond motifs is 1. The first-order valence-corrected chi connectivity index (χ1v) is 11.4. The van der Waals surface area contributed by atoms with Crippen molar-refractivity contribution in [3.8, 4) is 5.75 Å². The second-order valence-corrected chi connectivity index (χ2v) is 8.60. The lowest BCUT2D eigenvalue weighted by Crippen LogP contribution is -2.35. The SMILES string of the molecule is COCCN1C(=O)C(CC(=O)Nc2ccccc2OC)SC1=Nc1cccc2ccccc12. The lowest BCUT2D eigenvalue weighted by Gasteiger charge is -2.16. The highest BCUT2D eigenvalue weighted by Crippen LogP contribution is 2.34. The number of thioether (sulfide) groups is 1. The van der Waals surface area contributed by atoms with Crippen LogP contribution in [-0.4, -0.2) is 54.5 Å². The predicted molar refractivity (Wildman–Crippen MR) is 132 cm³/mol. The van der Waals surface area contributed by atoms with Crippen LogP contribution in [0.2, 0.25) is 0 Å². The zero-order valence-electron chi connectivity index (χ0n) is 18.5. The molecule has 1 heterocycles. The first-order valence-electron chi connectivity index (χ1n) is 10.6. The van der Waals surface area contributed by atoms with E-state index in [1.54, 1.807) is 31.3 Å². The molecule has 0 radical (unpaired) electrons. The Kier molecular flexibility index (Phi) is 7.26. The molecule has 1 fully saturated rings. The van der Waals surface area contributed by atoms with Crippen LogP contribution in [0.5, 0.6) is 5.75 Å². The minimum absolute atomic E-state index is 0.0274. The third kappa shape index (κ3) is 5.18. The van der Waals surface area contributed by atoms with E-state index in [1.165, 1.54) is 11.8 Å². The average molecular weight is 464 g/mol. The summed E-state index contributed by atoms with van der Waals surface area (Å²) in [6.45, 7) is 0.748. The van der Waals surface area contributed by atoms with Crippen molar-refractivity contribution < 1.29 is 19.1 Å². The van der Waals surface area contributed by atoms with Gasteiger partial charge < -0.3 is 14.8 Å². The Bertz CT molecular complexity index is 1190. The summed E-state index contributed by atoms with van der Waals surface area (Å²) < 4.78 is 10.5. The minimum Gasteiger partial charge on any atom is -0.495 e. The van der Waals surface area contributed by atoms with Gasteiger partial charge in [-0.3, -0.25) is 14.5 Å². The van der Waals surface area contributed by atoms with E-state index in [0.717, 1.165) is 16.5 Å². The molecule has 8 heteroatoms. The Morgan fingerprint density at radius 3 is 2.64 bits per heavy atom. The van der Waals surface area contributed by atoms with Gasteiger partial charge in [-0.1, -0.05) is 60.3 Å². The van der Waals surface area contributed by atoms with Gasteiger partial charge >= 0.3 is 0 Å². The molecule has 33 heavy (non-hydrogen) atoms. The maximum Gasteiger partial charge on any atom is 0.242 e. The zero-order chi connectivity index (χ0) is 23.2.